The van der Waals surface area contributed by atoms with Crippen LogP contribution in [0.1, 0.15) is 13.3 Å². The fourth-order valence-electron chi connectivity index (χ4n) is 2.73. The molecular formula is C19H23O3P. The van der Waals surface area contributed by atoms with Crippen LogP contribution in [0.25, 0.3) is 0 Å². The van der Waals surface area contributed by atoms with Crippen LogP contribution < -0.4 is 10.6 Å². The molecule has 0 aliphatic carbocycles. The number of aliphatic hydroxyl groups is 2. The van der Waals surface area contributed by atoms with Gasteiger partial charge in [-0.15, -0.1) is 0 Å². The van der Waals surface area contributed by atoms with Crippen molar-refractivity contribution in [2.24, 2.45) is 0 Å². The molecule has 0 heterocycles. The van der Waals surface area contributed by atoms with E-state index in [0.29, 0.717) is 17.0 Å². The van der Waals surface area contributed by atoms with Gasteiger partial charge in [0.2, 0.25) is 0 Å². The van der Waals surface area contributed by atoms with Gasteiger partial charge in [0.05, 0.1) is 18.4 Å². The van der Waals surface area contributed by atoms with Gasteiger partial charge in [-0.2, -0.15) is 0 Å². The Morgan fingerprint density at radius 1 is 1.00 bits per heavy atom. The van der Waals surface area contributed by atoms with Crippen LogP contribution in [0.2, 0.25) is 0 Å². The first-order valence-electron chi connectivity index (χ1n) is 7.81. The van der Waals surface area contributed by atoms with Crippen LogP contribution in [0.15, 0.2) is 72.8 Å². The molecule has 0 unspecified atom stereocenters. The number of aliphatic hydroxyl groups excluding tert-OH is 2. The molecule has 2 aromatic carbocycles. The molecule has 122 valence electrons. The summed E-state index contributed by atoms with van der Waals surface area (Å²) in [6.07, 6.45) is 2.99. The van der Waals surface area contributed by atoms with E-state index in [9.17, 15) is 9.67 Å². The molecule has 0 saturated carbocycles. The first kappa shape index (κ1) is 17.7. The molecule has 0 radical (unpaired) electrons. The lowest BCUT2D eigenvalue weighted by Gasteiger charge is -2.30. The SMILES string of the molecule is CC[C@@H](O)[C@@H](/C=C/CO)P(=O)(c1ccccc1)c1ccccc1. The molecule has 0 aliphatic heterocycles. The van der Waals surface area contributed by atoms with E-state index in [1.807, 2.05) is 67.6 Å². The van der Waals surface area contributed by atoms with Crippen LogP contribution >= 0.6 is 7.14 Å². The van der Waals surface area contributed by atoms with Crippen LogP contribution in [-0.4, -0.2) is 28.6 Å². The second kappa shape index (κ2) is 8.26. The highest BCUT2D eigenvalue weighted by Crippen LogP contribution is 2.51. The summed E-state index contributed by atoms with van der Waals surface area (Å²) in [5, 5.41) is 21.0. The third-order valence-corrected chi connectivity index (χ3v) is 7.44. The lowest BCUT2D eigenvalue weighted by Crippen LogP contribution is -2.33. The Morgan fingerprint density at radius 2 is 1.48 bits per heavy atom. The lowest BCUT2D eigenvalue weighted by atomic mass is 10.2. The number of hydrogen-bond donors (Lipinski definition) is 2. The highest BCUT2D eigenvalue weighted by molar-refractivity contribution is 7.79. The molecule has 0 aliphatic rings. The van der Waals surface area contributed by atoms with Gasteiger partial charge in [0, 0.05) is 10.6 Å². The van der Waals surface area contributed by atoms with Crippen LogP contribution in [0.3, 0.4) is 0 Å². The van der Waals surface area contributed by atoms with Gasteiger partial charge in [0.25, 0.3) is 0 Å². The van der Waals surface area contributed by atoms with Gasteiger partial charge in [0.1, 0.15) is 0 Å². The number of benzene rings is 2. The Morgan fingerprint density at radius 3 is 1.87 bits per heavy atom. The van der Waals surface area contributed by atoms with E-state index in [2.05, 4.69) is 0 Å². The molecule has 0 fully saturated rings. The zero-order valence-corrected chi connectivity index (χ0v) is 14.1. The van der Waals surface area contributed by atoms with E-state index in [4.69, 9.17) is 5.11 Å². The summed E-state index contributed by atoms with van der Waals surface area (Å²) in [6.45, 7) is 1.72. The fraction of sp³-hybridized carbons (Fsp3) is 0.263. The van der Waals surface area contributed by atoms with Crippen LogP contribution in [0.4, 0.5) is 0 Å². The van der Waals surface area contributed by atoms with Gasteiger partial charge >= 0.3 is 0 Å². The lowest BCUT2D eigenvalue weighted by molar-refractivity contribution is 0.175. The molecule has 0 saturated heterocycles. The molecule has 0 aromatic heterocycles. The average molecular weight is 330 g/mol. The largest absolute Gasteiger partial charge is 0.392 e. The van der Waals surface area contributed by atoms with Crippen molar-refractivity contribution >= 4 is 17.8 Å². The predicted octanol–water partition coefficient (Wildman–Crippen LogP) is 2.69. The summed E-state index contributed by atoms with van der Waals surface area (Å²) in [6, 6.07) is 18.6. The molecule has 2 aromatic rings. The summed E-state index contributed by atoms with van der Waals surface area (Å²) in [4.78, 5) is 0. The summed E-state index contributed by atoms with van der Waals surface area (Å²) < 4.78 is 14.1. The van der Waals surface area contributed by atoms with Crippen LogP contribution in [0, 0.1) is 0 Å². The zero-order valence-electron chi connectivity index (χ0n) is 13.2. The highest BCUT2D eigenvalue weighted by Gasteiger charge is 2.38. The Labute approximate surface area is 137 Å². The molecule has 0 spiro atoms. The van der Waals surface area contributed by atoms with Crippen molar-refractivity contribution in [1.29, 1.82) is 0 Å². The van der Waals surface area contributed by atoms with Gasteiger partial charge in [-0.25, -0.2) is 0 Å². The molecule has 2 N–H and O–H groups in total. The Hall–Kier alpha value is -1.67. The van der Waals surface area contributed by atoms with Crippen molar-refractivity contribution in [1.82, 2.24) is 0 Å². The number of hydrogen-bond acceptors (Lipinski definition) is 3. The fourth-order valence-corrected chi connectivity index (χ4v) is 6.00. The van der Waals surface area contributed by atoms with E-state index in [1.54, 1.807) is 12.2 Å². The monoisotopic (exact) mass is 330 g/mol. The second-order valence-electron chi connectivity index (χ2n) is 5.41. The van der Waals surface area contributed by atoms with E-state index in [0.717, 1.165) is 0 Å². The van der Waals surface area contributed by atoms with Gasteiger partial charge in [-0.3, -0.25) is 0 Å². The number of rotatable bonds is 7. The second-order valence-corrected chi connectivity index (χ2v) is 8.35. The van der Waals surface area contributed by atoms with E-state index < -0.39 is 18.9 Å². The van der Waals surface area contributed by atoms with Crippen LogP contribution in [-0.2, 0) is 4.57 Å². The Balaban J connectivity index is 2.65. The minimum atomic E-state index is -3.08. The molecule has 4 heteroatoms. The predicted molar refractivity (Wildman–Crippen MR) is 96.1 cm³/mol. The molecule has 0 amide bonds. The van der Waals surface area contributed by atoms with Crippen molar-refractivity contribution in [2.45, 2.75) is 25.1 Å². The molecule has 0 bridgehead atoms. The molecule has 23 heavy (non-hydrogen) atoms. The van der Waals surface area contributed by atoms with Crippen LogP contribution in [0.5, 0.6) is 0 Å². The quantitative estimate of drug-likeness (QED) is 0.606. The van der Waals surface area contributed by atoms with Crippen molar-refractivity contribution in [3.63, 3.8) is 0 Å². The van der Waals surface area contributed by atoms with E-state index in [1.165, 1.54) is 0 Å². The summed E-state index contributed by atoms with van der Waals surface area (Å²) in [5.74, 6) is 0. The van der Waals surface area contributed by atoms with Crippen molar-refractivity contribution in [3.05, 3.63) is 72.8 Å². The Bertz CT molecular complexity index is 624. The van der Waals surface area contributed by atoms with E-state index in [-0.39, 0.29) is 6.61 Å². The first-order valence-corrected chi connectivity index (χ1v) is 9.58. The normalized spacial score (nSPS) is 14.7. The third kappa shape index (κ3) is 3.81. The first-order chi connectivity index (χ1) is 11.1. The summed E-state index contributed by atoms with van der Waals surface area (Å²) in [7, 11) is -3.08. The maximum atomic E-state index is 14.1. The molecular weight excluding hydrogens is 307 g/mol. The standard InChI is InChI=1S/C19H23O3P/c1-2-18(21)19(14-9-15-20)23(22,16-10-5-3-6-11-16)17-12-7-4-8-13-17/h3-14,18-21H,2,15H2,1H3/b14-9+/t18-,19-/m1/s1. The van der Waals surface area contributed by atoms with E-state index >= 15 is 0 Å². The summed E-state index contributed by atoms with van der Waals surface area (Å²) >= 11 is 0. The maximum absolute atomic E-state index is 14.1. The smallest absolute Gasteiger partial charge is 0.152 e. The Kier molecular flexibility index (Phi) is 6.35. The topological polar surface area (TPSA) is 57.5 Å². The highest BCUT2D eigenvalue weighted by atomic mass is 31.2. The molecule has 2 rings (SSSR count). The molecule has 3 nitrogen and oxygen atoms in total. The van der Waals surface area contributed by atoms with Crippen molar-refractivity contribution in [3.8, 4) is 0 Å². The molecule has 2 atom stereocenters. The average Bonchev–Trinajstić information content (AvgIpc) is 2.62. The van der Waals surface area contributed by atoms with Gasteiger partial charge < -0.3 is 14.8 Å². The summed E-state index contributed by atoms with van der Waals surface area (Å²) in [5.41, 5.74) is -0.565. The van der Waals surface area contributed by atoms with Crippen molar-refractivity contribution in [2.75, 3.05) is 6.61 Å². The third-order valence-electron chi connectivity index (χ3n) is 3.95. The minimum absolute atomic E-state index is 0.142. The van der Waals surface area contributed by atoms with Gasteiger partial charge in [0.15, 0.2) is 7.14 Å². The maximum Gasteiger partial charge on any atom is 0.152 e. The van der Waals surface area contributed by atoms with Gasteiger partial charge in [-0.1, -0.05) is 79.7 Å². The zero-order chi connectivity index (χ0) is 16.7. The van der Waals surface area contributed by atoms with Crippen molar-refractivity contribution < 1.29 is 14.8 Å². The minimum Gasteiger partial charge on any atom is -0.392 e. The van der Waals surface area contributed by atoms with Gasteiger partial charge in [-0.05, 0) is 6.42 Å².